The first-order valence-corrected chi connectivity index (χ1v) is 16.2. The van der Waals surface area contributed by atoms with Crippen molar-refractivity contribution in [1.29, 1.82) is 0 Å². The molecule has 4 aromatic carbocycles. The van der Waals surface area contributed by atoms with Gasteiger partial charge in [0.1, 0.15) is 17.0 Å². The van der Waals surface area contributed by atoms with E-state index in [-0.39, 0.29) is 16.6 Å². The molecule has 0 saturated carbocycles. The van der Waals surface area contributed by atoms with Crippen LogP contribution < -0.4 is 0 Å². The number of hydrogen-bond acceptors (Lipinski definition) is 4. The fourth-order valence-corrected chi connectivity index (χ4v) is 6.37. The summed E-state index contributed by atoms with van der Waals surface area (Å²) in [6.45, 7) is 15.1. The minimum atomic E-state index is -0.260. The number of benzene rings is 4. The molecule has 3 aromatic heterocycles. The third kappa shape index (κ3) is 5.28. The fourth-order valence-electron chi connectivity index (χ4n) is 6.37. The largest absolute Gasteiger partial charge is 0.507 e. The molecule has 0 unspecified atom stereocenters. The van der Waals surface area contributed by atoms with E-state index in [2.05, 4.69) is 127 Å². The van der Waals surface area contributed by atoms with Crippen molar-refractivity contribution < 1.29 is 5.11 Å². The molecule has 1 N–H and O–H groups in total. The summed E-state index contributed by atoms with van der Waals surface area (Å²) in [6.07, 6.45) is 0. The number of hydrogen-bond donors (Lipinski definition) is 1. The highest BCUT2D eigenvalue weighted by Crippen LogP contribution is 2.44. The maximum atomic E-state index is 11.8. The second-order valence-corrected chi connectivity index (χ2v) is 14.6. The van der Waals surface area contributed by atoms with Crippen molar-refractivity contribution in [2.24, 2.45) is 7.05 Å². The van der Waals surface area contributed by atoms with Crippen LogP contribution in [-0.2, 0) is 17.9 Å². The summed E-state index contributed by atoms with van der Waals surface area (Å²) in [6, 6.07) is 33.3. The van der Waals surface area contributed by atoms with Gasteiger partial charge in [-0.25, -0.2) is 9.67 Å². The first kappa shape index (κ1) is 30.4. The molecule has 0 atom stereocenters. The zero-order valence-corrected chi connectivity index (χ0v) is 28.4. The molecule has 7 aromatic rings. The lowest BCUT2D eigenvalue weighted by Crippen LogP contribution is -2.17. The van der Waals surface area contributed by atoms with Crippen LogP contribution in [0.4, 0.5) is 0 Å². The molecule has 3 heterocycles. The van der Waals surface area contributed by atoms with Gasteiger partial charge in [0.05, 0.1) is 11.2 Å². The average Bonchev–Trinajstić information content (AvgIpc) is 3.57. The molecule has 0 aliphatic heterocycles. The normalized spacial score (nSPS) is 12.3. The predicted octanol–water partition coefficient (Wildman–Crippen LogP) is 9.92. The standard InChI is InChI=1S/C41H41N5O/c1-25-29-18-14-19-30(37(29)43-45(25)8)34-21-27(26-15-10-9-11-16-26)22-36(42-34)46-35-20-13-12-17-31(35)38(44-46)32-23-28(40(2,3)4)24-33(39(32)47)41(5,6)7/h9-24,47H,1-8H3. The lowest BCUT2D eigenvalue weighted by molar-refractivity contribution is 0.446. The molecule has 0 bridgehead atoms. The summed E-state index contributed by atoms with van der Waals surface area (Å²) in [5.74, 6) is 0.959. The van der Waals surface area contributed by atoms with E-state index in [1.165, 1.54) is 0 Å². The zero-order chi connectivity index (χ0) is 33.2. The Morgan fingerprint density at radius 2 is 1.36 bits per heavy atom. The van der Waals surface area contributed by atoms with E-state index in [0.717, 1.165) is 72.3 Å². The highest BCUT2D eigenvalue weighted by molar-refractivity contribution is 5.97. The van der Waals surface area contributed by atoms with Crippen LogP contribution in [0.25, 0.3) is 61.3 Å². The number of aromatic hydroxyl groups is 1. The molecular formula is C41H41N5O. The summed E-state index contributed by atoms with van der Waals surface area (Å²) in [5, 5.41) is 24.0. The van der Waals surface area contributed by atoms with Gasteiger partial charge >= 0.3 is 0 Å². The third-order valence-electron chi connectivity index (χ3n) is 9.20. The lowest BCUT2D eigenvalue weighted by atomic mass is 9.78. The summed E-state index contributed by atoms with van der Waals surface area (Å²) in [7, 11) is 1.98. The summed E-state index contributed by atoms with van der Waals surface area (Å²) in [5.41, 5.74) is 9.97. The van der Waals surface area contributed by atoms with Gasteiger partial charge in [0.15, 0.2) is 5.82 Å². The van der Waals surface area contributed by atoms with Gasteiger partial charge in [-0.05, 0) is 58.7 Å². The highest BCUT2D eigenvalue weighted by Gasteiger charge is 2.28. The fraction of sp³-hybridized carbons (Fsp3) is 0.244. The number of pyridine rings is 1. The lowest BCUT2D eigenvalue weighted by Gasteiger charge is -2.27. The van der Waals surface area contributed by atoms with Crippen molar-refractivity contribution in [3.63, 3.8) is 0 Å². The van der Waals surface area contributed by atoms with Crippen molar-refractivity contribution in [2.75, 3.05) is 0 Å². The number of rotatable bonds is 4. The van der Waals surface area contributed by atoms with Crippen LogP contribution in [0.1, 0.15) is 58.4 Å². The number of fused-ring (bicyclic) bond motifs is 2. The van der Waals surface area contributed by atoms with Gasteiger partial charge in [-0.2, -0.15) is 10.2 Å². The summed E-state index contributed by atoms with van der Waals surface area (Å²) in [4.78, 5) is 5.27. The molecule has 7 rings (SSSR count). The number of aryl methyl sites for hydroxylation is 2. The smallest absolute Gasteiger partial charge is 0.155 e. The van der Waals surface area contributed by atoms with Crippen LogP contribution in [0, 0.1) is 6.92 Å². The monoisotopic (exact) mass is 619 g/mol. The molecule has 6 heteroatoms. The van der Waals surface area contributed by atoms with E-state index in [9.17, 15) is 5.11 Å². The number of aromatic nitrogens is 5. The molecule has 0 spiro atoms. The first-order valence-electron chi connectivity index (χ1n) is 16.2. The Morgan fingerprint density at radius 3 is 2.09 bits per heavy atom. The number of phenols is 1. The van der Waals surface area contributed by atoms with Crippen LogP contribution >= 0.6 is 0 Å². The quantitative estimate of drug-likeness (QED) is 0.213. The van der Waals surface area contributed by atoms with Gasteiger partial charge in [-0.15, -0.1) is 0 Å². The van der Waals surface area contributed by atoms with Crippen molar-refractivity contribution in [3.05, 3.63) is 114 Å². The summed E-state index contributed by atoms with van der Waals surface area (Å²) < 4.78 is 3.85. The second kappa shape index (κ2) is 10.9. The third-order valence-corrected chi connectivity index (χ3v) is 9.20. The van der Waals surface area contributed by atoms with E-state index < -0.39 is 0 Å². The van der Waals surface area contributed by atoms with Crippen LogP contribution in [0.15, 0.2) is 97.1 Å². The van der Waals surface area contributed by atoms with Crippen molar-refractivity contribution in [2.45, 2.75) is 59.3 Å². The number of phenolic OH excluding ortho intramolecular Hbond substituents is 1. The highest BCUT2D eigenvalue weighted by atomic mass is 16.3. The van der Waals surface area contributed by atoms with Gasteiger partial charge in [-0.1, -0.05) is 114 Å². The Morgan fingerprint density at radius 1 is 0.660 bits per heavy atom. The molecule has 0 aliphatic rings. The van der Waals surface area contributed by atoms with Gasteiger partial charge in [0, 0.05) is 40.2 Å². The maximum Gasteiger partial charge on any atom is 0.155 e. The number of nitrogens with zero attached hydrogens (tertiary/aromatic N) is 5. The predicted molar refractivity (Wildman–Crippen MR) is 193 cm³/mol. The van der Waals surface area contributed by atoms with Crippen LogP contribution in [0.5, 0.6) is 5.75 Å². The average molecular weight is 620 g/mol. The molecule has 6 nitrogen and oxygen atoms in total. The van der Waals surface area contributed by atoms with Crippen LogP contribution in [0.2, 0.25) is 0 Å². The number of para-hydroxylation sites is 1. The Kier molecular flexibility index (Phi) is 7.08. The molecule has 47 heavy (non-hydrogen) atoms. The molecule has 0 amide bonds. The van der Waals surface area contributed by atoms with Crippen LogP contribution in [0.3, 0.4) is 0 Å². The molecule has 0 fully saturated rings. The van der Waals surface area contributed by atoms with Gasteiger partial charge < -0.3 is 5.11 Å². The Labute approximate surface area is 276 Å². The minimum absolute atomic E-state index is 0.119. The topological polar surface area (TPSA) is 68.8 Å². The second-order valence-electron chi connectivity index (χ2n) is 14.6. The van der Waals surface area contributed by atoms with E-state index in [1.54, 1.807) is 0 Å². The minimum Gasteiger partial charge on any atom is -0.507 e. The molecular weight excluding hydrogens is 578 g/mol. The molecule has 236 valence electrons. The van der Waals surface area contributed by atoms with Crippen molar-refractivity contribution in [3.8, 4) is 45.2 Å². The molecule has 0 aliphatic carbocycles. The first-order chi connectivity index (χ1) is 22.3. The molecule has 0 radical (unpaired) electrons. The van der Waals surface area contributed by atoms with E-state index >= 15 is 0 Å². The van der Waals surface area contributed by atoms with Crippen molar-refractivity contribution >= 4 is 21.8 Å². The van der Waals surface area contributed by atoms with E-state index in [0.29, 0.717) is 5.82 Å². The van der Waals surface area contributed by atoms with Crippen LogP contribution in [-0.4, -0.2) is 29.7 Å². The molecule has 0 saturated heterocycles. The Hall–Kier alpha value is -5.23. The van der Waals surface area contributed by atoms with Gasteiger partial charge in [0.2, 0.25) is 0 Å². The van der Waals surface area contributed by atoms with E-state index in [1.807, 2.05) is 34.6 Å². The van der Waals surface area contributed by atoms with Gasteiger partial charge in [0.25, 0.3) is 0 Å². The zero-order valence-electron chi connectivity index (χ0n) is 28.4. The van der Waals surface area contributed by atoms with Crippen molar-refractivity contribution in [1.82, 2.24) is 24.5 Å². The Bertz CT molecular complexity index is 2300. The Balaban J connectivity index is 1.52. The van der Waals surface area contributed by atoms with E-state index in [4.69, 9.17) is 15.2 Å². The summed E-state index contributed by atoms with van der Waals surface area (Å²) >= 11 is 0. The maximum absolute atomic E-state index is 11.8. The SMILES string of the molecule is Cc1c2cccc(-c3cc(-c4ccccc4)cc(-n4nc(-c5cc(C(C)(C)C)cc(C(C)(C)C)c5O)c5ccccc54)n3)c2nn1C. The van der Waals surface area contributed by atoms with Gasteiger partial charge in [-0.3, -0.25) is 4.68 Å².